The molecule has 2 radical (unpaired) electrons. The third-order valence-electron chi connectivity index (χ3n) is 3.91. The van der Waals surface area contributed by atoms with E-state index < -0.39 is 0 Å². The number of nitrogens with zero attached hydrogens (tertiary/aromatic N) is 4. The SMILES string of the molecule is CC.[B]c1nc2ncc(Oc3ccnc(NC(=O)C4CC4)c3)cc2n1C.[HH]. The molecule has 3 aromatic rings. The van der Waals surface area contributed by atoms with Crippen LogP contribution in [0, 0.1) is 5.92 Å². The highest BCUT2D eigenvalue weighted by atomic mass is 16.5. The predicted octanol–water partition coefficient (Wildman–Crippen LogP) is 2.57. The van der Waals surface area contributed by atoms with Gasteiger partial charge in [-0.1, -0.05) is 13.8 Å². The van der Waals surface area contributed by atoms with E-state index in [1.165, 1.54) is 0 Å². The maximum Gasteiger partial charge on any atom is 0.228 e. The molecule has 134 valence electrons. The van der Waals surface area contributed by atoms with Gasteiger partial charge in [0.15, 0.2) is 13.5 Å². The first kappa shape index (κ1) is 17.9. The van der Waals surface area contributed by atoms with Crippen molar-refractivity contribution in [3.8, 4) is 11.5 Å². The van der Waals surface area contributed by atoms with Gasteiger partial charge >= 0.3 is 0 Å². The third-order valence-corrected chi connectivity index (χ3v) is 3.91. The summed E-state index contributed by atoms with van der Waals surface area (Å²) in [5.41, 5.74) is 1.74. The highest BCUT2D eigenvalue weighted by Gasteiger charge is 2.29. The van der Waals surface area contributed by atoms with Gasteiger partial charge < -0.3 is 14.6 Å². The summed E-state index contributed by atoms with van der Waals surface area (Å²) in [4.78, 5) is 24.3. The summed E-state index contributed by atoms with van der Waals surface area (Å²) in [6, 6.07) is 5.21. The molecule has 8 heteroatoms. The lowest BCUT2D eigenvalue weighted by Crippen LogP contribution is -2.15. The molecule has 1 fully saturated rings. The van der Waals surface area contributed by atoms with E-state index in [-0.39, 0.29) is 13.3 Å². The minimum absolute atomic E-state index is 0. The summed E-state index contributed by atoms with van der Waals surface area (Å²) in [5.74, 6) is 1.72. The van der Waals surface area contributed by atoms with E-state index in [2.05, 4.69) is 20.3 Å². The quantitative estimate of drug-likeness (QED) is 0.731. The molecule has 0 aliphatic heterocycles. The average Bonchev–Trinajstić information content (AvgIpc) is 3.46. The van der Waals surface area contributed by atoms with Crippen LogP contribution in [-0.2, 0) is 11.8 Å². The van der Waals surface area contributed by atoms with Crippen molar-refractivity contribution >= 4 is 36.5 Å². The average molecular weight is 351 g/mol. The number of amides is 1. The van der Waals surface area contributed by atoms with Crippen LogP contribution in [0.5, 0.6) is 11.5 Å². The van der Waals surface area contributed by atoms with Gasteiger partial charge in [0.1, 0.15) is 17.3 Å². The number of pyridine rings is 2. The lowest BCUT2D eigenvalue weighted by molar-refractivity contribution is -0.117. The predicted molar refractivity (Wildman–Crippen MR) is 103 cm³/mol. The van der Waals surface area contributed by atoms with Gasteiger partial charge in [0.2, 0.25) is 5.91 Å². The number of fused-ring (bicyclic) bond motifs is 1. The number of aryl methyl sites for hydroxylation is 1. The number of hydrogen-bond donors (Lipinski definition) is 1. The molecule has 7 nitrogen and oxygen atoms in total. The first-order chi connectivity index (χ1) is 12.6. The Labute approximate surface area is 154 Å². The normalized spacial score (nSPS) is 13.0. The Morgan fingerprint density at radius 3 is 2.81 bits per heavy atom. The summed E-state index contributed by atoms with van der Waals surface area (Å²) in [6.45, 7) is 4.00. The molecule has 1 saturated carbocycles. The van der Waals surface area contributed by atoms with Crippen molar-refractivity contribution in [2.24, 2.45) is 13.0 Å². The summed E-state index contributed by atoms with van der Waals surface area (Å²) >= 11 is 0. The summed E-state index contributed by atoms with van der Waals surface area (Å²) in [5, 5.41) is 2.80. The van der Waals surface area contributed by atoms with Gasteiger partial charge in [-0.25, -0.2) is 15.0 Å². The molecule has 1 aliphatic carbocycles. The molecule has 0 atom stereocenters. The Balaban J connectivity index is 0.000000844. The van der Waals surface area contributed by atoms with Crippen LogP contribution >= 0.6 is 0 Å². The van der Waals surface area contributed by atoms with Crippen molar-refractivity contribution in [3.63, 3.8) is 0 Å². The molecule has 3 heterocycles. The van der Waals surface area contributed by atoms with E-state index in [0.717, 1.165) is 18.4 Å². The zero-order valence-electron chi connectivity index (χ0n) is 15.1. The van der Waals surface area contributed by atoms with Crippen molar-refractivity contribution in [2.75, 3.05) is 5.32 Å². The molecular weight excluding hydrogens is 329 g/mol. The van der Waals surface area contributed by atoms with E-state index in [1.807, 2.05) is 27.0 Å². The van der Waals surface area contributed by atoms with Crippen LogP contribution in [-0.4, -0.2) is 33.3 Å². The van der Waals surface area contributed by atoms with Gasteiger partial charge in [-0.3, -0.25) is 4.79 Å². The van der Waals surface area contributed by atoms with Crippen molar-refractivity contribution < 1.29 is 11.0 Å². The standard InChI is InChI=1S/C16H14BN5O2.C2H6.H2/c1-22-12-6-11(8-19-14(12)21-16(22)17)24-10-4-5-18-13(7-10)20-15(23)9-2-3-9;1-2;/h4-9H,2-3H2,1H3,(H,18,20,23);1-2H3;1H. The fraction of sp³-hybridized carbons (Fsp3) is 0.333. The molecule has 0 saturated heterocycles. The van der Waals surface area contributed by atoms with E-state index in [0.29, 0.717) is 28.7 Å². The fourth-order valence-electron chi connectivity index (χ4n) is 2.38. The molecule has 0 spiro atoms. The zero-order valence-corrected chi connectivity index (χ0v) is 15.1. The molecule has 3 aromatic heterocycles. The Morgan fingerprint density at radius 2 is 2.08 bits per heavy atom. The zero-order chi connectivity index (χ0) is 18.7. The molecule has 4 rings (SSSR count). The van der Waals surface area contributed by atoms with Crippen molar-refractivity contribution in [1.82, 2.24) is 19.5 Å². The monoisotopic (exact) mass is 351 g/mol. The van der Waals surface area contributed by atoms with Crippen LogP contribution in [0.3, 0.4) is 0 Å². The second-order valence-corrected chi connectivity index (χ2v) is 5.79. The summed E-state index contributed by atoms with van der Waals surface area (Å²) in [7, 11) is 7.59. The van der Waals surface area contributed by atoms with Crippen molar-refractivity contribution in [2.45, 2.75) is 26.7 Å². The number of rotatable bonds is 4. The fourth-order valence-corrected chi connectivity index (χ4v) is 2.38. The van der Waals surface area contributed by atoms with Crippen molar-refractivity contribution in [3.05, 3.63) is 30.6 Å². The number of aromatic nitrogens is 4. The van der Waals surface area contributed by atoms with E-state index in [9.17, 15) is 4.79 Å². The van der Waals surface area contributed by atoms with Gasteiger partial charge in [-0.05, 0) is 18.9 Å². The molecule has 1 aliphatic rings. The molecular formula is C18H22BN5O2. The number of ether oxygens (including phenoxy) is 1. The minimum atomic E-state index is 0. The maximum atomic E-state index is 11.8. The van der Waals surface area contributed by atoms with Crippen molar-refractivity contribution in [1.29, 1.82) is 0 Å². The third kappa shape index (κ3) is 3.84. The van der Waals surface area contributed by atoms with Crippen LogP contribution in [0.15, 0.2) is 30.6 Å². The summed E-state index contributed by atoms with van der Waals surface area (Å²) in [6.07, 6.45) is 5.06. The number of nitrogens with one attached hydrogen (secondary N) is 1. The van der Waals surface area contributed by atoms with E-state index >= 15 is 0 Å². The maximum absolute atomic E-state index is 11.8. The lowest BCUT2D eigenvalue weighted by Gasteiger charge is -2.08. The van der Waals surface area contributed by atoms with Crippen LogP contribution in [0.4, 0.5) is 5.82 Å². The lowest BCUT2D eigenvalue weighted by atomic mass is 10.1. The number of carbonyl (C=O) groups excluding carboxylic acids is 1. The molecule has 1 N–H and O–H groups in total. The number of carbonyl (C=O) groups is 1. The van der Waals surface area contributed by atoms with E-state index in [4.69, 9.17) is 12.6 Å². The molecule has 0 unspecified atom stereocenters. The first-order valence-electron chi connectivity index (χ1n) is 8.63. The highest BCUT2D eigenvalue weighted by molar-refractivity contribution is 6.30. The van der Waals surface area contributed by atoms with Gasteiger partial charge in [0.25, 0.3) is 0 Å². The Morgan fingerprint density at radius 1 is 1.31 bits per heavy atom. The summed E-state index contributed by atoms with van der Waals surface area (Å²) < 4.78 is 7.55. The van der Waals surface area contributed by atoms with Gasteiger partial charge in [0, 0.05) is 32.7 Å². The van der Waals surface area contributed by atoms with Gasteiger partial charge in [-0.15, -0.1) is 0 Å². The second-order valence-electron chi connectivity index (χ2n) is 5.79. The molecule has 0 bridgehead atoms. The Hall–Kier alpha value is -2.90. The van der Waals surface area contributed by atoms with Gasteiger partial charge in [-0.2, -0.15) is 0 Å². The van der Waals surface area contributed by atoms with Crippen LogP contribution in [0.25, 0.3) is 11.2 Å². The topological polar surface area (TPSA) is 81.9 Å². The minimum Gasteiger partial charge on any atom is -0.455 e. The molecule has 1 amide bonds. The van der Waals surface area contributed by atoms with Gasteiger partial charge in [0.05, 0.1) is 17.4 Å². The van der Waals surface area contributed by atoms with E-state index in [1.54, 1.807) is 29.1 Å². The van der Waals surface area contributed by atoms with Crippen LogP contribution in [0.1, 0.15) is 28.1 Å². The number of hydrogen-bond acceptors (Lipinski definition) is 5. The smallest absolute Gasteiger partial charge is 0.228 e. The molecule has 0 aromatic carbocycles. The molecule has 26 heavy (non-hydrogen) atoms. The Kier molecular flexibility index (Phi) is 5.20. The number of anilines is 1. The van der Waals surface area contributed by atoms with Crippen LogP contribution in [0.2, 0.25) is 0 Å². The van der Waals surface area contributed by atoms with Crippen LogP contribution < -0.4 is 15.8 Å². The Bertz CT molecular complexity index is 943. The largest absolute Gasteiger partial charge is 0.455 e. The first-order valence-corrected chi connectivity index (χ1v) is 8.63. The highest BCUT2D eigenvalue weighted by Crippen LogP contribution is 2.30. The number of imidazole rings is 1. The second kappa shape index (κ2) is 7.55.